The van der Waals surface area contributed by atoms with E-state index in [-0.39, 0.29) is 11.9 Å². The summed E-state index contributed by atoms with van der Waals surface area (Å²) >= 11 is 4.69. The van der Waals surface area contributed by atoms with Gasteiger partial charge in [0.05, 0.1) is 21.5 Å². The molecule has 3 rings (SSSR count). The van der Waals surface area contributed by atoms with Gasteiger partial charge in [0.25, 0.3) is 5.91 Å². The molecule has 0 saturated heterocycles. The van der Waals surface area contributed by atoms with Crippen molar-refractivity contribution < 1.29 is 14.0 Å². The van der Waals surface area contributed by atoms with Crippen molar-refractivity contribution in [3.05, 3.63) is 69.2 Å². The van der Waals surface area contributed by atoms with Crippen LogP contribution >= 0.6 is 27.3 Å². The molecule has 0 radical (unpaired) electrons. The molecule has 6 nitrogen and oxygen atoms in total. The molecule has 3 N–H and O–H groups in total. The van der Waals surface area contributed by atoms with Crippen LogP contribution < -0.4 is 16.0 Å². The molecule has 2 heterocycles. The summed E-state index contributed by atoms with van der Waals surface area (Å²) in [6.07, 6.45) is 1.55. The third-order valence-electron chi connectivity index (χ3n) is 3.20. The lowest BCUT2D eigenvalue weighted by Gasteiger charge is -2.08. The van der Waals surface area contributed by atoms with Crippen LogP contribution in [0, 0.1) is 0 Å². The van der Waals surface area contributed by atoms with E-state index in [9.17, 15) is 9.59 Å². The molecule has 8 heteroatoms. The van der Waals surface area contributed by atoms with Crippen molar-refractivity contribution >= 4 is 50.6 Å². The van der Waals surface area contributed by atoms with Gasteiger partial charge in [-0.2, -0.15) is 0 Å². The topological polar surface area (TPSA) is 83.4 Å². The van der Waals surface area contributed by atoms with Crippen molar-refractivity contribution in [2.45, 2.75) is 6.54 Å². The Hall–Kier alpha value is -2.58. The number of carbonyl (C=O) groups is 2. The number of benzene rings is 1. The number of halogens is 1. The first kappa shape index (κ1) is 17.2. The number of hydrogen-bond acceptors (Lipinski definition) is 4. The maximum absolute atomic E-state index is 12.1. The molecular formula is C17H14BrN3O3S. The van der Waals surface area contributed by atoms with Gasteiger partial charge in [0.15, 0.2) is 0 Å². The van der Waals surface area contributed by atoms with Crippen LogP contribution in [-0.2, 0) is 6.54 Å². The average molecular weight is 420 g/mol. The number of amides is 3. The van der Waals surface area contributed by atoms with Gasteiger partial charge in [-0.3, -0.25) is 4.79 Å². The summed E-state index contributed by atoms with van der Waals surface area (Å²) in [7, 11) is 0. The van der Waals surface area contributed by atoms with Gasteiger partial charge in [-0.15, -0.1) is 11.3 Å². The number of rotatable bonds is 5. The molecule has 0 aliphatic carbocycles. The predicted octanol–water partition coefficient (Wildman–Crippen LogP) is 4.68. The Bertz CT molecular complexity index is 860. The second-order valence-electron chi connectivity index (χ2n) is 5.02. The molecule has 3 aromatic rings. The van der Waals surface area contributed by atoms with Crippen LogP contribution in [0.15, 0.2) is 63.0 Å². The van der Waals surface area contributed by atoms with Gasteiger partial charge in [0.1, 0.15) is 5.76 Å². The van der Waals surface area contributed by atoms with Crippen molar-refractivity contribution in [1.82, 2.24) is 5.32 Å². The van der Waals surface area contributed by atoms with Gasteiger partial charge < -0.3 is 20.4 Å². The van der Waals surface area contributed by atoms with Crippen molar-refractivity contribution in [2.24, 2.45) is 0 Å². The number of urea groups is 1. The Labute approximate surface area is 156 Å². The first-order valence-electron chi connectivity index (χ1n) is 7.34. The van der Waals surface area contributed by atoms with E-state index in [0.717, 1.165) is 3.79 Å². The second-order valence-corrected chi connectivity index (χ2v) is 7.49. The van der Waals surface area contributed by atoms with Gasteiger partial charge in [0.2, 0.25) is 0 Å². The second kappa shape index (κ2) is 8.00. The van der Waals surface area contributed by atoms with Crippen LogP contribution in [0.5, 0.6) is 0 Å². The largest absolute Gasteiger partial charge is 0.467 e. The lowest BCUT2D eigenvalue weighted by atomic mass is 10.2. The summed E-state index contributed by atoms with van der Waals surface area (Å²) in [4.78, 5) is 24.5. The van der Waals surface area contributed by atoms with Crippen LogP contribution in [0.1, 0.15) is 15.4 Å². The molecule has 0 saturated carbocycles. The monoisotopic (exact) mass is 419 g/mol. The standard InChI is InChI=1S/C17H14BrN3O3S/c18-15-8-7-14(25-15)16(22)20-11-3-5-12(6-4-11)21-17(23)19-10-13-2-1-9-24-13/h1-9H,10H2,(H,20,22)(H2,19,21,23). The molecule has 0 spiro atoms. The van der Waals surface area contributed by atoms with E-state index in [1.165, 1.54) is 11.3 Å². The van der Waals surface area contributed by atoms with Crippen molar-refractivity contribution in [1.29, 1.82) is 0 Å². The maximum atomic E-state index is 12.1. The highest BCUT2D eigenvalue weighted by Gasteiger charge is 2.09. The molecule has 0 aliphatic heterocycles. The molecule has 0 fully saturated rings. The molecule has 128 valence electrons. The minimum Gasteiger partial charge on any atom is -0.467 e. The predicted molar refractivity (Wildman–Crippen MR) is 101 cm³/mol. The van der Waals surface area contributed by atoms with Crippen LogP contribution in [0.25, 0.3) is 0 Å². The summed E-state index contributed by atoms with van der Waals surface area (Å²) < 4.78 is 6.04. The van der Waals surface area contributed by atoms with Gasteiger partial charge in [-0.1, -0.05) is 0 Å². The Morgan fingerprint density at radius 1 is 1.00 bits per heavy atom. The molecule has 0 atom stereocenters. The zero-order valence-corrected chi connectivity index (χ0v) is 15.3. The Balaban J connectivity index is 1.51. The van der Waals surface area contributed by atoms with Gasteiger partial charge >= 0.3 is 6.03 Å². The number of thiophene rings is 1. The quantitative estimate of drug-likeness (QED) is 0.561. The van der Waals surface area contributed by atoms with Crippen molar-refractivity contribution in [3.63, 3.8) is 0 Å². The van der Waals surface area contributed by atoms with Crippen molar-refractivity contribution in [3.8, 4) is 0 Å². The molecule has 0 bridgehead atoms. The summed E-state index contributed by atoms with van der Waals surface area (Å²) in [6, 6.07) is 13.7. The van der Waals surface area contributed by atoms with Crippen LogP contribution in [0.4, 0.5) is 16.2 Å². The fourth-order valence-corrected chi connectivity index (χ4v) is 3.30. The minimum atomic E-state index is -0.336. The summed E-state index contributed by atoms with van der Waals surface area (Å²) in [5.74, 6) is 0.501. The fourth-order valence-electron chi connectivity index (χ4n) is 2.02. The number of carbonyl (C=O) groups excluding carboxylic acids is 2. The smallest absolute Gasteiger partial charge is 0.319 e. The highest BCUT2D eigenvalue weighted by atomic mass is 79.9. The van der Waals surface area contributed by atoms with Gasteiger partial charge in [-0.05, 0) is 64.5 Å². The average Bonchev–Trinajstić information content (AvgIpc) is 3.26. The van der Waals surface area contributed by atoms with Crippen LogP contribution in [0.3, 0.4) is 0 Å². The first-order valence-corrected chi connectivity index (χ1v) is 8.95. The van der Waals surface area contributed by atoms with E-state index in [2.05, 4.69) is 31.9 Å². The molecule has 1 aromatic carbocycles. The molecule has 0 unspecified atom stereocenters. The Morgan fingerprint density at radius 2 is 1.72 bits per heavy atom. The minimum absolute atomic E-state index is 0.174. The SMILES string of the molecule is O=C(NCc1ccco1)Nc1ccc(NC(=O)c2ccc(Br)s2)cc1. The molecule has 25 heavy (non-hydrogen) atoms. The van der Waals surface area contributed by atoms with Crippen molar-refractivity contribution in [2.75, 3.05) is 10.6 Å². The third-order valence-corrected chi connectivity index (χ3v) is 4.82. The summed E-state index contributed by atoms with van der Waals surface area (Å²) in [6.45, 7) is 0.309. The van der Waals surface area contributed by atoms with Gasteiger partial charge in [0, 0.05) is 11.4 Å². The maximum Gasteiger partial charge on any atom is 0.319 e. The number of furan rings is 1. The highest BCUT2D eigenvalue weighted by Crippen LogP contribution is 2.23. The van der Waals surface area contributed by atoms with E-state index in [0.29, 0.717) is 28.6 Å². The zero-order chi connectivity index (χ0) is 17.6. The van der Waals surface area contributed by atoms with E-state index in [1.807, 2.05) is 6.07 Å². The number of anilines is 2. The lowest BCUT2D eigenvalue weighted by molar-refractivity contribution is 0.103. The van der Waals surface area contributed by atoms with Crippen LogP contribution in [0.2, 0.25) is 0 Å². The molecule has 3 amide bonds. The summed E-state index contributed by atoms with van der Waals surface area (Å²) in [5.41, 5.74) is 1.27. The molecule has 2 aromatic heterocycles. The Kier molecular flexibility index (Phi) is 5.52. The molecule has 0 aliphatic rings. The van der Waals surface area contributed by atoms with E-state index in [4.69, 9.17) is 4.42 Å². The Morgan fingerprint density at radius 3 is 2.32 bits per heavy atom. The van der Waals surface area contributed by atoms with Crippen LogP contribution in [-0.4, -0.2) is 11.9 Å². The highest BCUT2D eigenvalue weighted by molar-refractivity contribution is 9.11. The third kappa shape index (κ3) is 4.94. The first-order chi connectivity index (χ1) is 12.1. The summed E-state index contributed by atoms with van der Waals surface area (Å²) in [5, 5.41) is 8.20. The lowest BCUT2D eigenvalue weighted by Crippen LogP contribution is -2.27. The number of nitrogens with one attached hydrogen (secondary N) is 3. The molecular weight excluding hydrogens is 406 g/mol. The van der Waals surface area contributed by atoms with E-state index >= 15 is 0 Å². The van der Waals surface area contributed by atoms with Gasteiger partial charge in [-0.25, -0.2) is 4.79 Å². The van der Waals surface area contributed by atoms with E-state index < -0.39 is 0 Å². The van der Waals surface area contributed by atoms with E-state index in [1.54, 1.807) is 48.7 Å². The normalized spacial score (nSPS) is 10.3. The number of hydrogen-bond donors (Lipinski definition) is 3. The zero-order valence-electron chi connectivity index (χ0n) is 12.9. The fraction of sp³-hybridized carbons (Fsp3) is 0.0588.